The fourth-order valence-electron chi connectivity index (χ4n) is 2.39. The lowest BCUT2D eigenvalue weighted by Crippen LogP contribution is -2.27. The molecule has 2 heterocycles. The fourth-order valence-corrected chi connectivity index (χ4v) is 2.39. The zero-order valence-electron chi connectivity index (χ0n) is 14.4. The van der Waals surface area contributed by atoms with Crippen LogP contribution in [-0.4, -0.2) is 37.7 Å². The largest absolute Gasteiger partial charge is 0.349 e. The van der Waals surface area contributed by atoms with Crippen LogP contribution in [0.2, 0.25) is 0 Å². The molecule has 8 nitrogen and oxygen atoms in total. The third-order valence-corrected chi connectivity index (χ3v) is 3.75. The number of aromatic nitrogens is 4. The first-order chi connectivity index (χ1) is 12.7. The average Bonchev–Trinajstić information content (AvgIpc) is 3.32. The van der Waals surface area contributed by atoms with E-state index >= 15 is 0 Å². The number of carbonyl (C=O) groups excluding carboxylic acids is 2. The summed E-state index contributed by atoms with van der Waals surface area (Å²) in [5.41, 5.74) is 1.00. The molecule has 0 bridgehead atoms. The minimum Gasteiger partial charge on any atom is -0.349 e. The number of nitrogens with zero attached hydrogens (tertiary/aromatic N) is 4. The lowest BCUT2D eigenvalue weighted by molar-refractivity contribution is -0.115. The molecule has 0 aliphatic rings. The molecular formula is C18H20N6O2. The normalized spacial score (nSPS) is 10.5. The van der Waals surface area contributed by atoms with Gasteiger partial charge in [0.05, 0.1) is 12.0 Å². The number of anilines is 1. The highest BCUT2D eigenvalue weighted by molar-refractivity contribution is 5.95. The number of nitrogens with one attached hydrogen (secondary N) is 2. The maximum absolute atomic E-state index is 12.4. The predicted octanol–water partition coefficient (Wildman–Crippen LogP) is 1.85. The molecule has 0 saturated heterocycles. The van der Waals surface area contributed by atoms with Crippen molar-refractivity contribution in [3.05, 3.63) is 60.8 Å². The van der Waals surface area contributed by atoms with Crippen molar-refractivity contribution in [3.8, 4) is 5.69 Å². The summed E-state index contributed by atoms with van der Waals surface area (Å²) in [6.07, 6.45) is 5.54. The van der Waals surface area contributed by atoms with Crippen LogP contribution in [0, 0.1) is 0 Å². The summed E-state index contributed by atoms with van der Waals surface area (Å²) < 4.78 is 3.42. The fraction of sp³-hybridized carbons (Fsp3) is 0.222. The number of hydrogen-bond acceptors (Lipinski definition) is 4. The molecule has 2 amide bonds. The van der Waals surface area contributed by atoms with E-state index in [-0.39, 0.29) is 17.5 Å². The van der Waals surface area contributed by atoms with Gasteiger partial charge in [-0.15, -0.1) is 0 Å². The highest BCUT2D eigenvalue weighted by Gasteiger charge is 2.16. The summed E-state index contributed by atoms with van der Waals surface area (Å²) in [6.45, 7) is 2.83. The van der Waals surface area contributed by atoms with Gasteiger partial charge in [0.1, 0.15) is 5.82 Å². The third-order valence-electron chi connectivity index (χ3n) is 3.75. The van der Waals surface area contributed by atoms with Crippen LogP contribution in [0.5, 0.6) is 0 Å². The Hall–Kier alpha value is -3.42. The molecule has 3 rings (SSSR count). The van der Waals surface area contributed by atoms with E-state index < -0.39 is 0 Å². The topological polar surface area (TPSA) is 93.8 Å². The van der Waals surface area contributed by atoms with Crippen LogP contribution in [0.15, 0.2) is 55.1 Å². The van der Waals surface area contributed by atoms with Crippen molar-refractivity contribution >= 4 is 17.6 Å². The zero-order chi connectivity index (χ0) is 18.4. The van der Waals surface area contributed by atoms with Crippen LogP contribution in [0.25, 0.3) is 5.69 Å². The van der Waals surface area contributed by atoms with Gasteiger partial charge >= 0.3 is 0 Å². The first-order valence-corrected chi connectivity index (χ1v) is 8.36. The van der Waals surface area contributed by atoms with Gasteiger partial charge in [-0.2, -0.15) is 5.10 Å². The second-order valence-corrected chi connectivity index (χ2v) is 5.62. The zero-order valence-corrected chi connectivity index (χ0v) is 14.4. The van der Waals surface area contributed by atoms with Crippen LogP contribution in [-0.2, 0) is 11.3 Å². The van der Waals surface area contributed by atoms with Crippen molar-refractivity contribution in [3.63, 3.8) is 0 Å². The van der Waals surface area contributed by atoms with E-state index in [1.54, 1.807) is 30.2 Å². The Kier molecular flexibility index (Phi) is 5.43. The molecule has 0 spiro atoms. The molecule has 2 N–H and O–H groups in total. The Morgan fingerprint density at radius 1 is 1.19 bits per heavy atom. The molecule has 1 aromatic carbocycles. The van der Waals surface area contributed by atoms with E-state index in [1.807, 2.05) is 41.1 Å². The van der Waals surface area contributed by atoms with Crippen molar-refractivity contribution < 1.29 is 9.59 Å². The lowest BCUT2D eigenvalue weighted by Gasteiger charge is -2.07. The van der Waals surface area contributed by atoms with Crippen molar-refractivity contribution in [2.24, 2.45) is 0 Å². The van der Waals surface area contributed by atoms with Crippen molar-refractivity contribution in [1.82, 2.24) is 24.6 Å². The molecule has 0 atom stereocenters. The van der Waals surface area contributed by atoms with E-state index in [0.29, 0.717) is 25.3 Å². The van der Waals surface area contributed by atoms with Gasteiger partial charge in [-0.25, -0.2) is 9.67 Å². The molecule has 8 heteroatoms. The molecule has 2 aromatic heterocycles. The van der Waals surface area contributed by atoms with Gasteiger partial charge in [-0.1, -0.05) is 25.1 Å². The second-order valence-electron chi connectivity index (χ2n) is 5.62. The summed E-state index contributed by atoms with van der Waals surface area (Å²) in [7, 11) is 0. The van der Waals surface area contributed by atoms with Crippen LogP contribution >= 0.6 is 0 Å². The summed E-state index contributed by atoms with van der Waals surface area (Å²) in [5, 5.41) is 9.96. The van der Waals surface area contributed by atoms with Crippen molar-refractivity contribution in [2.75, 3.05) is 11.9 Å². The number of rotatable bonds is 7. The number of benzene rings is 1. The molecule has 134 valence electrons. The Morgan fingerprint density at radius 3 is 2.69 bits per heavy atom. The Labute approximate surface area is 150 Å². The lowest BCUT2D eigenvalue weighted by atomic mass is 10.3. The third kappa shape index (κ3) is 4.15. The Bertz CT molecular complexity index is 870. The smallest absolute Gasteiger partial charge is 0.271 e. The van der Waals surface area contributed by atoms with Crippen LogP contribution < -0.4 is 10.6 Å². The minimum absolute atomic E-state index is 0.144. The standard InChI is InChI=1S/C18H20N6O2/c1-2-17(25)21-16-12-15(22-24(16)14-6-4-3-5-7-14)18(26)20-9-11-23-10-8-19-13-23/h3-8,10,12-13H,2,9,11H2,1H3,(H,20,26)(H,21,25). The number of carbonyl (C=O) groups is 2. The van der Waals surface area contributed by atoms with Crippen LogP contribution in [0.1, 0.15) is 23.8 Å². The van der Waals surface area contributed by atoms with Crippen molar-refractivity contribution in [2.45, 2.75) is 19.9 Å². The quantitative estimate of drug-likeness (QED) is 0.678. The molecular weight excluding hydrogens is 332 g/mol. The van der Waals surface area contributed by atoms with E-state index in [4.69, 9.17) is 0 Å². The number of amides is 2. The van der Waals surface area contributed by atoms with Gasteiger partial charge in [0.15, 0.2) is 5.69 Å². The van der Waals surface area contributed by atoms with Crippen LogP contribution in [0.3, 0.4) is 0 Å². The molecule has 0 aliphatic heterocycles. The molecule has 0 unspecified atom stereocenters. The number of hydrogen-bond donors (Lipinski definition) is 2. The molecule has 0 fully saturated rings. The first-order valence-electron chi connectivity index (χ1n) is 8.36. The molecule has 0 radical (unpaired) electrons. The Balaban J connectivity index is 1.76. The Morgan fingerprint density at radius 2 is 2.00 bits per heavy atom. The summed E-state index contributed by atoms with van der Waals surface area (Å²) in [5.74, 6) is 0.0174. The van der Waals surface area contributed by atoms with Gasteiger partial charge in [0.2, 0.25) is 5.91 Å². The summed E-state index contributed by atoms with van der Waals surface area (Å²) in [4.78, 5) is 28.1. The number of para-hydroxylation sites is 1. The van der Waals surface area contributed by atoms with Gasteiger partial charge in [-0.3, -0.25) is 9.59 Å². The molecule has 0 aliphatic carbocycles. The van der Waals surface area contributed by atoms with E-state index in [1.165, 1.54) is 0 Å². The summed E-state index contributed by atoms with van der Waals surface area (Å²) >= 11 is 0. The van der Waals surface area contributed by atoms with E-state index in [9.17, 15) is 9.59 Å². The molecule has 3 aromatic rings. The average molecular weight is 352 g/mol. The minimum atomic E-state index is -0.299. The highest BCUT2D eigenvalue weighted by atomic mass is 16.2. The molecule has 26 heavy (non-hydrogen) atoms. The van der Waals surface area contributed by atoms with Gasteiger partial charge in [-0.05, 0) is 12.1 Å². The van der Waals surface area contributed by atoms with Gasteiger partial charge in [0, 0.05) is 38.0 Å². The second kappa shape index (κ2) is 8.11. The van der Waals surface area contributed by atoms with E-state index in [2.05, 4.69) is 20.7 Å². The van der Waals surface area contributed by atoms with Crippen molar-refractivity contribution in [1.29, 1.82) is 0 Å². The van der Waals surface area contributed by atoms with Gasteiger partial charge < -0.3 is 15.2 Å². The maximum atomic E-state index is 12.4. The predicted molar refractivity (Wildman–Crippen MR) is 97.0 cm³/mol. The maximum Gasteiger partial charge on any atom is 0.271 e. The summed E-state index contributed by atoms with van der Waals surface area (Å²) in [6, 6.07) is 10.9. The van der Waals surface area contributed by atoms with Crippen LogP contribution in [0.4, 0.5) is 5.82 Å². The first kappa shape index (κ1) is 17.4. The van der Waals surface area contributed by atoms with E-state index in [0.717, 1.165) is 5.69 Å². The highest BCUT2D eigenvalue weighted by Crippen LogP contribution is 2.17. The molecule has 0 saturated carbocycles. The number of imidazole rings is 1. The SMILES string of the molecule is CCC(=O)Nc1cc(C(=O)NCCn2ccnc2)nn1-c1ccccc1. The monoisotopic (exact) mass is 352 g/mol. The van der Waals surface area contributed by atoms with Gasteiger partial charge in [0.25, 0.3) is 5.91 Å².